The Bertz CT molecular complexity index is 679. The van der Waals surface area contributed by atoms with Crippen LogP contribution in [0.3, 0.4) is 0 Å². The van der Waals surface area contributed by atoms with Crippen LogP contribution in [-0.2, 0) is 0 Å². The van der Waals surface area contributed by atoms with E-state index in [0.717, 1.165) is 22.2 Å². The molecule has 0 aliphatic carbocycles. The molecular formula is C18H20ClN3S. The molecule has 0 radical (unpaired) electrons. The molecule has 3 nitrogen and oxygen atoms in total. The molecule has 0 amide bonds. The minimum Gasteiger partial charge on any atom is -0.357 e. The number of thioether (sulfide) groups is 1. The quantitative estimate of drug-likeness (QED) is 0.572. The van der Waals surface area contributed by atoms with Crippen molar-refractivity contribution >= 4 is 40.1 Å². The summed E-state index contributed by atoms with van der Waals surface area (Å²) in [6.07, 6.45) is 0. The minimum absolute atomic E-state index is 0.692. The van der Waals surface area contributed by atoms with E-state index >= 15 is 0 Å². The normalized spacial score (nSPS) is 12.3. The zero-order valence-electron chi connectivity index (χ0n) is 13.5. The van der Waals surface area contributed by atoms with Crippen molar-refractivity contribution in [2.24, 2.45) is 9.98 Å². The van der Waals surface area contributed by atoms with Crippen LogP contribution in [0.25, 0.3) is 0 Å². The van der Waals surface area contributed by atoms with Gasteiger partial charge in [0.15, 0.2) is 11.0 Å². The van der Waals surface area contributed by atoms with E-state index in [0.29, 0.717) is 10.9 Å². The van der Waals surface area contributed by atoms with Crippen LogP contribution in [0.1, 0.15) is 12.5 Å². The highest BCUT2D eigenvalue weighted by Crippen LogP contribution is 2.19. The molecule has 0 N–H and O–H groups in total. The lowest BCUT2D eigenvalue weighted by atomic mass is 10.2. The summed E-state index contributed by atoms with van der Waals surface area (Å²) in [7, 11) is 3.98. The van der Waals surface area contributed by atoms with E-state index in [1.807, 2.05) is 73.6 Å². The smallest absolute Gasteiger partial charge is 0.165 e. The first-order valence-corrected chi connectivity index (χ1v) is 8.75. The van der Waals surface area contributed by atoms with Crippen LogP contribution < -0.4 is 0 Å². The van der Waals surface area contributed by atoms with E-state index in [1.165, 1.54) is 0 Å². The van der Waals surface area contributed by atoms with Gasteiger partial charge in [-0.3, -0.25) is 0 Å². The van der Waals surface area contributed by atoms with Gasteiger partial charge in [0.2, 0.25) is 0 Å². The second-order valence-corrected chi connectivity index (χ2v) is 6.67. The topological polar surface area (TPSA) is 28.0 Å². The number of amidine groups is 2. The maximum Gasteiger partial charge on any atom is 0.165 e. The van der Waals surface area contributed by atoms with Crippen molar-refractivity contribution in [1.29, 1.82) is 0 Å². The first kappa shape index (κ1) is 17.6. The molecule has 2 rings (SSSR count). The van der Waals surface area contributed by atoms with Crippen LogP contribution in [0.15, 0.2) is 64.6 Å². The molecule has 0 unspecified atom stereocenters. The van der Waals surface area contributed by atoms with Crippen molar-refractivity contribution in [2.75, 3.05) is 19.8 Å². The van der Waals surface area contributed by atoms with Crippen molar-refractivity contribution in [3.8, 4) is 0 Å². The Morgan fingerprint density at radius 3 is 2.26 bits per heavy atom. The molecule has 0 aromatic heterocycles. The van der Waals surface area contributed by atoms with Crippen molar-refractivity contribution in [3.63, 3.8) is 0 Å². The van der Waals surface area contributed by atoms with Crippen LogP contribution in [0.4, 0.5) is 5.69 Å². The van der Waals surface area contributed by atoms with E-state index < -0.39 is 0 Å². The van der Waals surface area contributed by atoms with Crippen molar-refractivity contribution < 1.29 is 0 Å². The molecule has 0 bridgehead atoms. The van der Waals surface area contributed by atoms with E-state index in [2.05, 4.69) is 6.92 Å². The SMILES string of the molecule is CCSC(=NC(=Nc1ccc(Cl)cc1)c1ccccc1)N(C)C. The van der Waals surface area contributed by atoms with Gasteiger partial charge in [-0.2, -0.15) is 0 Å². The van der Waals surface area contributed by atoms with Crippen molar-refractivity contribution in [3.05, 3.63) is 65.2 Å². The number of aliphatic imine (C=N–C) groups is 2. The summed E-state index contributed by atoms with van der Waals surface area (Å²) in [6.45, 7) is 2.11. The second kappa shape index (κ2) is 8.75. The Kier molecular flexibility index (Phi) is 6.68. The average molecular weight is 346 g/mol. The van der Waals surface area contributed by atoms with Crippen LogP contribution in [-0.4, -0.2) is 35.8 Å². The molecule has 2 aromatic rings. The largest absolute Gasteiger partial charge is 0.357 e. The number of hydrogen-bond donors (Lipinski definition) is 0. The van der Waals surface area contributed by atoms with Crippen LogP contribution in [0.2, 0.25) is 5.02 Å². The van der Waals surface area contributed by atoms with Gasteiger partial charge in [-0.05, 0) is 30.0 Å². The van der Waals surface area contributed by atoms with Crippen LogP contribution >= 0.6 is 23.4 Å². The van der Waals surface area contributed by atoms with Gasteiger partial charge >= 0.3 is 0 Å². The van der Waals surface area contributed by atoms with Gasteiger partial charge in [0, 0.05) is 24.7 Å². The first-order chi connectivity index (χ1) is 11.1. The minimum atomic E-state index is 0.692. The third-order valence-corrected chi connectivity index (χ3v) is 4.21. The number of halogens is 1. The summed E-state index contributed by atoms with van der Waals surface area (Å²) in [5, 5.41) is 1.63. The summed E-state index contributed by atoms with van der Waals surface area (Å²) in [4.78, 5) is 11.5. The summed E-state index contributed by atoms with van der Waals surface area (Å²) >= 11 is 7.64. The molecule has 0 aliphatic heterocycles. The lowest BCUT2D eigenvalue weighted by molar-refractivity contribution is 0.637. The van der Waals surface area contributed by atoms with Gasteiger partial charge in [0.1, 0.15) is 0 Å². The molecule has 120 valence electrons. The number of nitrogens with zero attached hydrogens (tertiary/aromatic N) is 3. The lowest BCUT2D eigenvalue weighted by Gasteiger charge is -2.15. The van der Waals surface area contributed by atoms with Gasteiger partial charge in [-0.25, -0.2) is 9.98 Å². The van der Waals surface area contributed by atoms with E-state index in [1.54, 1.807) is 11.8 Å². The second-order valence-electron chi connectivity index (χ2n) is 5.00. The summed E-state index contributed by atoms with van der Waals surface area (Å²) < 4.78 is 0. The molecule has 0 heterocycles. The summed E-state index contributed by atoms with van der Waals surface area (Å²) in [5.41, 5.74) is 1.81. The predicted molar refractivity (Wildman–Crippen MR) is 103 cm³/mol. The fraction of sp³-hybridized carbons (Fsp3) is 0.222. The predicted octanol–water partition coefficient (Wildman–Crippen LogP) is 5.09. The Labute approximate surface area is 147 Å². The molecule has 23 heavy (non-hydrogen) atoms. The van der Waals surface area contributed by atoms with Gasteiger partial charge < -0.3 is 4.90 Å². The molecule has 0 atom stereocenters. The molecule has 5 heteroatoms. The monoisotopic (exact) mass is 345 g/mol. The number of hydrogen-bond acceptors (Lipinski definition) is 2. The maximum atomic E-state index is 5.95. The molecule has 0 spiro atoms. The standard InChI is InChI=1S/C18H20ClN3S/c1-4-23-18(22(2)3)21-17(14-8-6-5-7-9-14)20-16-12-10-15(19)11-13-16/h5-13H,4H2,1-3H3. The third kappa shape index (κ3) is 5.41. The molecule has 0 saturated carbocycles. The van der Waals surface area contributed by atoms with Crippen LogP contribution in [0.5, 0.6) is 0 Å². The number of rotatable bonds is 3. The first-order valence-electron chi connectivity index (χ1n) is 7.38. The Balaban J connectivity index is 2.47. The Morgan fingerprint density at radius 2 is 1.70 bits per heavy atom. The molecule has 0 aliphatic rings. The molecule has 0 fully saturated rings. The summed E-state index contributed by atoms with van der Waals surface area (Å²) in [6, 6.07) is 17.5. The van der Waals surface area contributed by atoms with Gasteiger partial charge in [0.05, 0.1) is 5.69 Å². The highest BCUT2D eigenvalue weighted by molar-refractivity contribution is 8.13. The molecule has 2 aromatic carbocycles. The number of benzene rings is 2. The van der Waals surface area contributed by atoms with E-state index in [-0.39, 0.29) is 0 Å². The van der Waals surface area contributed by atoms with Crippen molar-refractivity contribution in [2.45, 2.75) is 6.92 Å². The maximum absolute atomic E-state index is 5.95. The zero-order chi connectivity index (χ0) is 16.7. The van der Waals surface area contributed by atoms with Crippen molar-refractivity contribution in [1.82, 2.24) is 4.90 Å². The fourth-order valence-electron chi connectivity index (χ4n) is 1.86. The molecule has 0 saturated heterocycles. The van der Waals surface area contributed by atoms with Gasteiger partial charge in [-0.15, -0.1) is 0 Å². The van der Waals surface area contributed by atoms with E-state index in [4.69, 9.17) is 21.6 Å². The summed E-state index contributed by atoms with van der Waals surface area (Å²) in [5.74, 6) is 1.65. The third-order valence-electron chi connectivity index (χ3n) is 2.95. The highest BCUT2D eigenvalue weighted by atomic mass is 35.5. The van der Waals surface area contributed by atoms with Crippen LogP contribution in [0, 0.1) is 0 Å². The van der Waals surface area contributed by atoms with Gasteiger partial charge in [-0.1, -0.05) is 60.6 Å². The fourth-order valence-corrected chi connectivity index (χ4v) is 2.65. The zero-order valence-corrected chi connectivity index (χ0v) is 15.1. The lowest BCUT2D eigenvalue weighted by Crippen LogP contribution is -2.20. The Hall–Kier alpha value is -1.78. The Morgan fingerprint density at radius 1 is 1.04 bits per heavy atom. The molecular weight excluding hydrogens is 326 g/mol. The van der Waals surface area contributed by atoms with Gasteiger partial charge in [0.25, 0.3) is 0 Å². The van der Waals surface area contributed by atoms with E-state index in [9.17, 15) is 0 Å². The highest BCUT2D eigenvalue weighted by Gasteiger charge is 2.07. The average Bonchev–Trinajstić information content (AvgIpc) is 2.56.